The average molecular weight is 513 g/mol. The van der Waals surface area contributed by atoms with Crippen LogP contribution in [0, 0.1) is 20.8 Å². The molecule has 0 radical (unpaired) electrons. The van der Waals surface area contributed by atoms with Gasteiger partial charge in [-0.15, -0.1) is 0 Å². The van der Waals surface area contributed by atoms with E-state index < -0.39 is 10.0 Å². The first kappa shape index (κ1) is 25.6. The molecule has 192 valence electrons. The van der Waals surface area contributed by atoms with Gasteiger partial charge in [0.15, 0.2) is 10.7 Å². The van der Waals surface area contributed by atoms with Gasteiger partial charge < -0.3 is 19.1 Å². The third-order valence-electron chi connectivity index (χ3n) is 6.50. The Kier molecular flexibility index (Phi) is 7.26. The molecule has 2 heterocycles. The predicted molar refractivity (Wildman–Crippen MR) is 138 cm³/mol. The Labute approximate surface area is 212 Å². The summed E-state index contributed by atoms with van der Waals surface area (Å²) in [4.78, 5) is 17.4. The van der Waals surface area contributed by atoms with Gasteiger partial charge in [-0.25, -0.2) is 8.42 Å². The lowest BCUT2D eigenvalue weighted by molar-refractivity contribution is -0.130. The van der Waals surface area contributed by atoms with Gasteiger partial charge in [-0.1, -0.05) is 22.9 Å². The van der Waals surface area contributed by atoms with Gasteiger partial charge in [0.05, 0.1) is 12.8 Å². The lowest BCUT2D eigenvalue weighted by atomic mass is 10.1. The van der Waals surface area contributed by atoms with Crippen LogP contribution in [-0.2, 0) is 14.8 Å². The van der Waals surface area contributed by atoms with Crippen molar-refractivity contribution >= 4 is 27.3 Å². The summed E-state index contributed by atoms with van der Waals surface area (Å²) in [6.07, 6.45) is 0. The summed E-state index contributed by atoms with van der Waals surface area (Å²) in [5.41, 5.74) is 2.91. The number of benzene rings is 2. The van der Waals surface area contributed by atoms with Crippen molar-refractivity contribution < 1.29 is 22.5 Å². The molecule has 1 fully saturated rings. The Bertz CT molecular complexity index is 1300. The molecule has 0 bridgehead atoms. The molecule has 0 saturated carbocycles. The number of rotatable bonds is 7. The number of hydrogen-bond acceptors (Lipinski definition) is 7. The van der Waals surface area contributed by atoms with Crippen molar-refractivity contribution in [2.75, 3.05) is 42.5 Å². The molecular formula is C26H32N4O5S. The van der Waals surface area contributed by atoms with Crippen LogP contribution in [0.3, 0.4) is 0 Å². The fourth-order valence-electron chi connectivity index (χ4n) is 4.54. The first-order valence-electron chi connectivity index (χ1n) is 11.8. The second-order valence-corrected chi connectivity index (χ2v) is 10.9. The van der Waals surface area contributed by atoms with Gasteiger partial charge in [0.25, 0.3) is 10.0 Å². The number of amides is 1. The predicted octanol–water partition coefficient (Wildman–Crippen LogP) is 3.54. The van der Waals surface area contributed by atoms with Crippen LogP contribution in [0.4, 0.5) is 11.4 Å². The molecule has 1 amide bonds. The summed E-state index contributed by atoms with van der Waals surface area (Å²) >= 11 is 0. The number of aromatic nitrogens is 1. The van der Waals surface area contributed by atoms with Gasteiger partial charge in [0, 0.05) is 31.4 Å². The summed E-state index contributed by atoms with van der Waals surface area (Å²) in [6.45, 7) is 8.56. The molecule has 4 rings (SSSR count). The van der Waals surface area contributed by atoms with Crippen LogP contribution in [0.5, 0.6) is 5.75 Å². The number of hydrogen-bond donors (Lipinski definition) is 0. The SMILES string of the molecule is COc1ccc(N(CC(=O)N2CCN(c3ccc(C)cc3)[C@@H](C)C2)S(=O)(=O)c2c(C)noc2C)cc1. The second-order valence-electron chi connectivity index (χ2n) is 9.08. The number of nitrogens with zero attached hydrogens (tertiary/aromatic N) is 4. The summed E-state index contributed by atoms with van der Waals surface area (Å²) in [7, 11) is -2.58. The molecule has 0 spiro atoms. The molecule has 0 unspecified atom stereocenters. The standard InChI is InChI=1S/C26H32N4O5S/c1-18-6-8-22(9-7-18)29-15-14-28(16-19(29)2)25(31)17-30(23-10-12-24(34-5)13-11-23)36(32,33)26-20(3)27-35-21(26)4/h6-13,19H,14-17H2,1-5H3/t19-/m0/s1. The Morgan fingerprint density at radius 3 is 2.31 bits per heavy atom. The molecule has 10 heteroatoms. The monoisotopic (exact) mass is 512 g/mol. The Morgan fingerprint density at radius 1 is 1.08 bits per heavy atom. The molecule has 1 atom stereocenters. The zero-order valence-electron chi connectivity index (χ0n) is 21.3. The summed E-state index contributed by atoms with van der Waals surface area (Å²) in [5.74, 6) is 0.496. The highest BCUT2D eigenvalue weighted by molar-refractivity contribution is 7.93. The van der Waals surface area contributed by atoms with E-state index in [1.807, 2.05) is 0 Å². The van der Waals surface area contributed by atoms with Crippen LogP contribution in [0.15, 0.2) is 57.9 Å². The van der Waals surface area contributed by atoms with Gasteiger partial charge in [-0.05, 0) is 64.1 Å². The minimum Gasteiger partial charge on any atom is -0.497 e. The zero-order valence-corrected chi connectivity index (χ0v) is 22.1. The molecular weight excluding hydrogens is 480 g/mol. The molecule has 2 aromatic carbocycles. The van der Waals surface area contributed by atoms with Crippen molar-refractivity contribution in [3.05, 3.63) is 65.5 Å². The van der Waals surface area contributed by atoms with Crippen molar-refractivity contribution in [2.24, 2.45) is 0 Å². The lowest BCUT2D eigenvalue weighted by Gasteiger charge is -2.41. The van der Waals surface area contributed by atoms with E-state index in [0.29, 0.717) is 31.1 Å². The number of aryl methyl sites for hydroxylation is 3. The molecule has 0 aliphatic carbocycles. The number of ether oxygens (including phenoxy) is 1. The van der Waals surface area contributed by atoms with Gasteiger partial charge in [0.2, 0.25) is 5.91 Å². The quantitative estimate of drug-likeness (QED) is 0.478. The molecule has 1 aromatic heterocycles. The normalized spacial score (nSPS) is 16.2. The van der Waals surface area contributed by atoms with E-state index in [0.717, 1.165) is 9.99 Å². The number of carbonyl (C=O) groups excluding carboxylic acids is 1. The maximum Gasteiger partial charge on any atom is 0.270 e. The third-order valence-corrected chi connectivity index (χ3v) is 8.52. The lowest BCUT2D eigenvalue weighted by Crippen LogP contribution is -2.55. The fraction of sp³-hybridized carbons (Fsp3) is 0.385. The molecule has 3 aromatic rings. The van der Waals surface area contributed by atoms with E-state index in [4.69, 9.17) is 9.26 Å². The van der Waals surface area contributed by atoms with Crippen LogP contribution in [0.1, 0.15) is 23.9 Å². The van der Waals surface area contributed by atoms with E-state index in [1.54, 1.807) is 43.0 Å². The van der Waals surface area contributed by atoms with Crippen LogP contribution in [-0.4, -0.2) is 63.7 Å². The highest BCUT2D eigenvalue weighted by atomic mass is 32.2. The van der Waals surface area contributed by atoms with Crippen LogP contribution >= 0.6 is 0 Å². The molecule has 1 aliphatic rings. The van der Waals surface area contributed by atoms with E-state index >= 15 is 0 Å². The molecule has 0 N–H and O–H groups in total. The van der Waals surface area contributed by atoms with E-state index in [-0.39, 0.29) is 34.8 Å². The van der Waals surface area contributed by atoms with Crippen LogP contribution in [0.25, 0.3) is 0 Å². The van der Waals surface area contributed by atoms with Crippen molar-refractivity contribution in [3.8, 4) is 5.75 Å². The number of piperazine rings is 1. The number of carbonyl (C=O) groups is 1. The highest BCUT2D eigenvalue weighted by Gasteiger charge is 2.35. The van der Waals surface area contributed by atoms with Crippen molar-refractivity contribution in [3.63, 3.8) is 0 Å². The minimum atomic E-state index is -4.12. The molecule has 1 saturated heterocycles. The molecule has 9 nitrogen and oxygen atoms in total. The van der Waals surface area contributed by atoms with Gasteiger partial charge in [0.1, 0.15) is 18.0 Å². The summed E-state index contributed by atoms with van der Waals surface area (Å²) in [5, 5.41) is 3.81. The smallest absolute Gasteiger partial charge is 0.270 e. The number of methoxy groups -OCH3 is 1. The average Bonchev–Trinajstić information content (AvgIpc) is 3.21. The Morgan fingerprint density at radius 2 is 1.75 bits per heavy atom. The first-order chi connectivity index (χ1) is 17.1. The maximum atomic E-state index is 13.8. The number of anilines is 2. The molecule has 36 heavy (non-hydrogen) atoms. The fourth-order valence-corrected chi connectivity index (χ4v) is 6.25. The third kappa shape index (κ3) is 5.04. The van der Waals surface area contributed by atoms with E-state index in [1.165, 1.54) is 12.7 Å². The van der Waals surface area contributed by atoms with Gasteiger partial charge in [-0.3, -0.25) is 9.10 Å². The first-order valence-corrected chi connectivity index (χ1v) is 13.3. The minimum absolute atomic E-state index is 0.0244. The van der Waals surface area contributed by atoms with E-state index in [2.05, 4.69) is 48.2 Å². The van der Waals surface area contributed by atoms with Crippen molar-refractivity contribution in [2.45, 2.75) is 38.6 Å². The summed E-state index contributed by atoms with van der Waals surface area (Å²) in [6, 6.07) is 15.0. The largest absolute Gasteiger partial charge is 0.497 e. The van der Waals surface area contributed by atoms with Crippen molar-refractivity contribution in [1.29, 1.82) is 0 Å². The Balaban J connectivity index is 1.58. The topological polar surface area (TPSA) is 96.2 Å². The highest BCUT2D eigenvalue weighted by Crippen LogP contribution is 2.30. The maximum absolute atomic E-state index is 13.8. The van der Waals surface area contributed by atoms with Gasteiger partial charge in [-0.2, -0.15) is 0 Å². The number of sulfonamides is 1. The second kappa shape index (κ2) is 10.2. The summed E-state index contributed by atoms with van der Waals surface area (Å²) < 4.78 is 39.0. The zero-order chi connectivity index (χ0) is 26.0. The van der Waals surface area contributed by atoms with Gasteiger partial charge >= 0.3 is 0 Å². The Hall–Kier alpha value is -3.53. The van der Waals surface area contributed by atoms with E-state index in [9.17, 15) is 13.2 Å². The van der Waals surface area contributed by atoms with Crippen LogP contribution in [0.2, 0.25) is 0 Å². The van der Waals surface area contributed by atoms with Crippen LogP contribution < -0.4 is 13.9 Å². The van der Waals surface area contributed by atoms with Crippen molar-refractivity contribution in [1.82, 2.24) is 10.1 Å². The molecule has 1 aliphatic heterocycles.